The number of aryl methyl sites for hydroxylation is 1. The van der Waals surface area contributed by atoms with Gasteiger partial charge >= 0.3 is 5.97 Å². The average molecular weight is 392 g/mol. The molecular formula is C28H24O2. The molecule has 1 aliphatic carbocycles. The monoisotopic (exact) mass is 392 g/mol. The average Bonchev–Trinajstić information content (AvgIpc) is 2.73. The molecule has 30 heavy (non-hydrogen) atoms. The summed E-state index contributed by atoms with van der Waals surface area (Å²) in [6, 6.07) is 21.9. The Morgan fingerprint density at radius 2 is 1.70 bits per heavy atom. The molecule has 0 aliphatic heterocycles. The van der Waals surface area contributed by atoms with E-state index in [2.05, 4.69) is 75.1 Å². The van der Waals surface area contributed by atoms with Crippen LogP contribution in [-0.4, -0.2) is 11.1 Å². The van der Waals surface area contributed by atoms with Crippen LogP contribution in [0, 0.1) is 18.8 Å². The molecule has 148 valence electrons. The molecule has 3 aromatic carbocycles. The molecular weight excluding hydrogens is 368 g/mol. The number of carbonyl (C=O) groups is 1. The first-order chi connectivity index (χ1) is 14.3. The van der Waals surface area contributed by atoms with Crippen molar-refractivity contribution < 1.29 is 9.90 Å². The number of hydrogen-bond donors (Lipinski definition) is 1. The molecule has 0 saturated carbocycles. The molecule has 0 heterocycles. The van der Waals surface area contributed by atoms with E-state index in [4.69, 9.17) is 0 Å². The van der Waals surface area contributed by atoms with Crippen LogP contribution in [0.5, 0.6) is 0 Å². The van der Waals surface area contributed by atoms with Crippen molar-refractivity contribution in [3.05, 3.63) is 112 Å². The first-order valence-corrected chi connectivity index (χ1v) is 10.1. The fraction of sp³-hybridized carbons (Fsp3) is 0.179. The maximum atomic E-state index is 11.4. The van der Waals surface area contributed by atoms with Crippen molar-refractivity contribution in [2.45, 2.75) is 32.6 Å². The number of aromatic carboxylic acids is 1. The summed E-state index contributed by atoms with van der Waals surface area (Å²) in [6.07, 6.45) is 3.30. The van der Waals surface area contributed by atoms with E-state index in [1.54, 1.807) is 18.2 Å². The molecule has 0 bridgehead atoms. The van der Waals surface area contributed by atoms with Crippen LogP contribution in [0.2, 0.25) is 0 Å². The van der Waals surface area contributed by atoms with Crippen molar-refractivity contribution in [1.29, 1.82) is 0 Å². The zero-order chi connectivity index (χ0) is 21.3. The SMILES string of the molecule is Cc1ccc(C2=CCC(C)(C)c3cc(C#Cc4ccccc4C(=O)O)ccc32)cc1. The van der Waals surface area contributed by atoms with Crippen molar-refractivity contribution >= 4 is 11.5 Å². The molecule has 2 nitrogen and oxygen atoms in total. The molecule has 1 N–H and O–H groups in total. The Kier molecular flexibility index (Phi) is 5.06. The summed E-state index contributed by atoms with van der Waals surface area (Å²) in [4.78, 5) is 11.4. The van der Waals surface area contributed by atoms with Crippen LogP contribution in [0.3, 0.4) is 0 Å². The summed E-state index contributed by atoms with van der Waals surface area (Å²) < 4.78 is 0. The molecule has 1 aliphatic rings. The predicted octanol–water partition coefficient (Wildman–Crippen LogP) is 6.21. The second kappa shape index (κ2) is 7.69. The van der Waals surface area contributed by atoms with E-state index in [0.29, 0.717) is 5.56 Å². The van der Waals surface area contributed by atoms with E-state index in [1.807, 2.05) is 12.1 Å². The lowest BCUT2D eigenvalue weighted by Gasteiger charge is -2.32. The highest BCUT2D eigenvalue weighted by atomic mass is 16.4. The van der Waals surface area contributed by atoms with Gasteiger partial charge in [-0.25, -0.2) is 4.79 Å². The van der Waals surface area contributed by atoms with E-state index in [-0.39, 0.29) is 11.0 Å². The van der Waals surface area contributed by atoms with Crippen LogP contribution in [0.4, 0.5) is 0 Å². The number of benzene rings is 3. The summed E-state index contributed by atoms with van der Waals surface area (Å²) in [6.45, 7) is 6.61. The van der Waals surface area contributed by atoms with Crippen molar-refractivity contribution in [1.82, 2.24) is 0 Å². The van der Waals surface area contributed by atoms with Crippen molar-refractivity contribution in [2.24, 2.45) is 0 Å². The number of rotatable bonds is 2. The lowest BCUT2D eigenvalue weighted by atomic mass is 9.72. The van der Waals surface area contributed by atoms with E-state index < -0.39 is 5.97 Å². The Morgan fingerprint density at radius 3 is 2.43 bits per heavy atom. The van der Waals surface area contributed by atoms with Gasteiger partial charge in [-0.1, -0.05) is 79.8 Å². The van der Waals surface area contributed by atoms with Crippen molar-refractivity contribution in [3.63, 3.8) is 0 Å². The van der Waals surface area contributed by atoms with Gasteiger partial charge < -0.3 is 5.11 Å². The van der Waals surface area contributed by atoms with Gasteiger partial charge in [0, 0.05) is 11.1 Å². The molecule has 0 amide bonds. The van der Waals surface area contributed by atoms with Gasteiger partial charge in [-0.05, 0) is 65.3 Å². The lowest BCUT2D eigenvalue weighted by Crippen LogP contribution is -2.22. The maximum absolute atomic E-state index is 11.4. The first kappa shape index (κ1) is 19.7. The highest BCUT2D eigenvalue weighted by Gasteiger charge is 2.28. The smallest absolute Gasteiger partial charge is 0.336 e. The van der Waals surface area contributed by atoms with E-state index in [1.165, 1.54) is 27.8 Å². The third-order valence-corrected chi connectivity index (χ3v) is 5.72. The highest BCUT2D eigenvalue weighted by molar-refractivity contribution is 5.90. The zero-order valence-corrected chi connectivity index (χ0v) is 17.5. The number of fused-ring (bicyclic) bond motifs is 1. The predicted molar refractivity (Wildman–Crippen MR) is 122 cm³/mol. The van der Waals surface area contributed by atoms with Crippen LogP contribution in [0.1, 0.15) is 64.0 Å². The van der Waals surface area contributed by atoms with Crippen LogP contribution >= 0.6 is 0 Å². The third-order valence-electron chi connectivity index (χ3n) is 5.72. The quantitative estimate of drug-likeness (QED) is 0.527. The largest absolute Gasteiger partial charge is 0.478 e. The summed E-state index contributed by atoms with van der Waals surface area (Å²) in [5.41, 5.74) is 7.93. The second-order valence-corrected chi connectivity index (χ2v) is 8.43. The fourth-order valence-electron chi connectivity index (χ4n) is 3.92. The fourth-order valence-corrected chi connectivity index (χ4v) is 3.92. The summed E-state index contributed by atoms with van der Waals surface area (Å²) in [5.74, 6) is 5.26. The Balaban J connectivity index is 1.76. The Labute approximate surface area is 177 Å². The van der Waals surface area contributed by atoms with Crippen LogP contribution < -0.4 is 0 Å². The minimum atomic E-state index is -0.959. The van der Waals surface area contributed by atoms with Gasteiger partial charge in [-0.2, -0.15) is 0 Å². The maximum Gasteiger partial charge on any atom is 0.336 e. The minimum Gasteiger partial charge on any atom is -0.478 e. The highest BCUT2D eigenvalue weighted by Crippen LogP contribution is 2.41. The third kappa shape index (κ3) is 3.80. The normalized spacial score (nSPS) is 14.2. The van der Waals surface area contributed by atoms with E-state index in [9.17, 15) is 9.90 Å². The molecule has 0 radical (unpaired) electrons. The van der Waals surface area contributed by atoms with E-state index in [0.717, 1.165) is 12.0 Å². The van der Waals surface area contributed by atoms with E-state index >= 15 is 0 Å². The minimum absolute atomic E-state index is 0.0141. The van der Waals surface area contributed by atoms with Gasteiger partial charge in [-0.15, -0.1) is 0 Å². The zero-order valence-electron chi connectivity index (χ0n) is 17.5. The van der Waals surface area contributed by atoms with Gasteiger partial charge in [0.2, 0.25) is 0 Å². The molecule has 4 rings (SSSR count). The standard InChI is InChI=1S/C28H24O2/c1-19-8-12-22(13-9-19)23-16-17-28(2,3)26-18-20(11-15-25(23)26)10-14-21-6-4-5-7-24(21)27(29)30/h4-9,11-13,15-16,18H,17H2,1-3H3,(H,29,30). The van der Waals surface area contributed by atoms with Crippen molar-refractivity contribution in [3.8, 4) is 11.8 Å². The van der Waals surface area contributed by atoms with Crippen LogP contribution in [-0.2, 0) is 5.41 Å². The lowest BCUT2D eigenvalue weighted by molar-refractivity contribution is 0.0696. The van der Waals surface area contributed by atoms with Gasteiger partial charge in [0.15, 0.2) is 0 Å². The molecule has 2 heteroatoms. The number of hydrogen-bond acceptors (Lipinski definition) is 1. The number of carboxylic acids is 1. The molecule has 0 fully saturated rings. The van der Waals surface area contributed by atoms with Gasteiger partial charge in [-0.3, -0.25) is 0 Å². The molecule has 0 unspecified atom stereocenters. The molecule has 0 saturated heterocycles. The van der Waals surface area contributed by atoms with Crippen LogP contribution in [0.25, 0.3) is 5.57 Å². The Hall–Kier alpha value is -3.57. The first-order valence-electron chi connectivity index (χ1n) is 10.1. The molecule has 3 aromatic rings. The number of allylic oxidation sites excluding steroid dienone is 1. The summed E-state index contributed by atoms with van der Waals surface area (Å²) >= 11 is 0. The molecule has 0 atom stereocenters. The number of carboxylic acid groups (broad SMARTS) is 1. The van der Waals surface area contributed by atoms with Gasteiger partial charge in [0.05, 0.1) is 5.56 Å². The molecule has 0 spiro atoms. The van der Waals surface area contributed by atoms with Crippen molar-refractivity contribution in [2.75, 3.05) is 0 Å². The van der Waals surface area contributed by atoms with Gasteiger partial charge in [0.25, 0.3) is 0 Å². The van der Waals surface area contributed by atoms with Crippen LogP contribution in [0.15, 0.2) is 72.8 Å². The summed E-state index contributed by atoms with van der Waals surface area (Å²) in [5, 5.41) is 9.37. The summed E-state index contributed by atoms with van der Waals surface area (Å²) in [7, 11) is 0. The van der Waals surface area contributed by atoms with Gasteiger partial charge in [0.1, 0.15) is 0 Å². The topological polar surface area (TPSA) is 37.3 Å². The Bertz CT molecular complexity index is 1220. The molecule has 0 aromatic heterocycles. The Morgan fingerprint density at radius 1 is 0.967 bits per heavy atom. The second-order valence-electron chi connectivity index (χ2n) is 8.43.